The zero-order valence-corrected chi connectivity index (χ0v) is 9.00. The van der Waals surface area contributed by atoms with E-state index in [9.17, 15) is 0 Å². The van der Waals surface area contributed by atoms with Crippen molar-refractivity contribution in [2.75, 3.05) is 6.61 Å². The van der Waals surface area contributed by atoms with Gasteiger partial charge in [-0.25, -0.2) is 0 Å². The van der Waals surface area contributed by atoms with Crippen molar-refractivity contribution in [3.63, 3.8) is 0 Å². The van der Waals surface area contributed by atoms with Gasteiger partial charge in [0.25, 0.3) is 0 Å². The fourth-order valence-corrected chi connectivity index (χ4v) is 1.87. The maximum atomic E-state index is 5.60. The third-order valence-electron chi connectivity index (χ3n) is 2.48. The second-order valence-electron chi connectivity index (χ2n) is 4.23. The van der Waals surface area contributed by atoms with Crippen molar-refractivity contribution >= 4 is 0 Å². The van der Waals surface area contributed by atoms with Gasteiger partial charge in [-0.2, -0.15) is 0 Å². The summed E-state index contributed by atoms with van der Waals surface area (Å²) in [5.74, 6) is 1.04. The van der Waals surface area contributed by atoms with E-state index in [-0.39, 0.29) is 0 Å². The van der Waals surface area contributed by atoms with E-state index in [2.05, 4.69) is 44.3 Å². The van der Waals surface area contributed by atoms with E-state index in [1.807, 2.05) is 0 Å². The highest BCUT2D eigenvalue weighted by Gasteiger charge is 2.23. The molecule has 1 aromatic carbocycles. The average Bonchev–Trinajstić information content (AvgIpc) is 2.47. The maximum absolute atomic E-state index is 5.60. The SMILES string of the molecule is Cc1ccc2c(c1)C(NC(C)C)CO2. The molecule has 0 saturated carbocycles. The fourth-order valence-electron chi connectivity index (χ4n) is 1.87. The summed E-state index contributed by atoms with van der Waals surface area (Å²) in [7, 11) is 0. The highest BCUT2D eigenvalue weighted by molar-refractivity contribution is 5.42. The Morgan fingerprint density at radius 2 is 2.21 bits per heavy atom. The topological polar surface area (TPSA) is 21.3 Å². The number of hydrogen-bond donors (Lipinski definition) is 1. The van der Waals surface area contributed by atoms with Gasteiger partial charge in [-0.05, 0) is 13.0 Å². The molecule has 76 valence electrons. The molecule has 2 rings (SSSR count). The lowest BCUT2D eigenvalue weighted by Crippen LogP contribution is -2.28. The molecule has 0 fully saturated rings. The summed E-state index contributed by atoms with van der Waals surface area (Å²) >= 11 is 0. The van der Waals surface area contributed by atoms with Gasteiger partial charge >= 0.3 is 0 Å². The first kappa shape index (κ1) is 9.53. The largest absolute Gasteiger partial charge is 0.491 e. The van der Waals surface area contributed by atoms with Crippen molar-refractivity contribution in [2.45, 2.75) is 32.9 Å². The number of nitrogens with one attached hydrogen (secondary N) is 1. The van der Waals surface area contributed by atoms with Crippen molar-refractivity contribution in [3.8, 4) is 5.75 Å². The summed E-state index contributed by atoms with van der Waals surface area (Å²) in [6.07, 6.45) is 0. The van der Waals surface area contributed by atoms with E-state index < -0.39 is 0 Å². The minimum atomic E-state index is 0.366. The Bertz CT molecular complexity index is 333. The molecule has 1 aliphatic heterocycles. The third kappa shape index (κ3) is 1.75. The summed E-state index contributed by atoms with van der Waals surface area (Å²) < 4.78 is 5.60. The molecule has 0 saturated heterocycles. The second kappa shape index (κ2) is 3.62. The standard InChI is InChI=1S/C12H17NO/c1-8(2)13-11-7-14-12-5-4-9(3)6-10(11)12/h4-6,8,11,13H,7H2,1-3H3. The fraction of sp³-hybridized carbons (Fsp3) is 0.500. The lowest BCUT2D eigenvalue weighted by molar-refractivity contribution is 0.303. The van der Waals surface area contributed by atoms with Gasteiger partial charge in [-0.1, -0.05) is 31.5 Å². The molecule has 1 unspecified atom stereocenters. The molecule has 0 bridgehead atoms. The van der Waals surface area contributed by atoms with Gasteiger partial charge in [0.05, 0.1) is 6.04 Å². The van der Waals surface area contributed by atoms with Crippen LogP contribution in [0.4, 0.5) is 0 Å². The molecule has 0 spiro atoms. The Morgan fingerprint density at radius 3 is 2.93 bits per heavy atom. The number of rotatable bonds is 2. The average molecular weight is 191 g/mol. The van der Waals surface area contributed by atoms with Crippen molar-refractivity contribution in [3.05, 3.63) is 29.3 Å². The molecule has 0 amide bonds. The first-order chi connectivity index (χ1) is 6.66. The Labute approximate surface area is 85.3 Å². The van der Waals surface area contributed by atoms with Crippen molar-refractivity contribution in [1.82, 2.24) is 5.32 Å². The molecule has 0 radical (unpaired) electrons. The monoisotopic (exact) mass is 191 g/mol. The Hall–Kier alpha value is -1.02. The minimum absolute atomic E-state index is 0.366. The Kier molecular flexibility index (Phi) is 2.46. The molecule has 2 nitrogen and oxygen atoms in total. The molecule has 1 N–H and O–H groups in total. The van der Waals surface area contributed by atoms with Crippen LogP contribution in [0.3, 0.4) is 0 Å². The Morgan fingerprint density at radius 1 is 1.43 bits per heavy atom. The lowest BCUT2D eigenvalue weighted by Gasteiger charge is -2.14. The van der Waals surface area contributed by atoms with Gasteiger partial charge in [-0.15, -0.1) is 0 Å². The molecule has 0 aliphatic carbocycles. The first-order valence-corrected chi connectivity index (χ1v) is 5.16. The predicted octanol–water partition coefficient (Wildman–Crippen LogP) is 2.43. The second-order valence-corrected chi connectivity index (χ2v) is 4.23. The van der Waals surface area contributed by atoms with Gasteiger partial charge in [0, 0.05) is 11.6 Å². The van der Waals surface area contributed by atoms with E-state index in [4.69, 9.17) is 4.74 Å². The van der Waals surface area contributed by atoms with Gasteiger partial charge in [0.1, 0.15) is 12.4 Å². The van der Waals surface area contributed by atoms with Gasteiger partial charge in [0.2, 0.25) is 0 Å². The normalized spacial score (nSPS) is 19.6. The first-order valence-electron chi connectivity index (χ1n) is 5.16. The van der Waals surface area contributed by atoms with Gasteiger partial charge < -0.3 is 10.1 Å². The van der Waals surface area contributed by atoms with Crippen molar-refractivity contribution in [2.24, 2.45) is 0 Å². The van der Waals surface area contributed by atoms with Crippen LogP contribution < -0.4 is 10.1 Å². The zero-order chi connectivity index (χ0) is 10.1. The summed E-state index contributed by atoms with van der Waals surface area (Å²) in [6, 6.07) is 7.23. The van der Waals surface area contributed by atoms with Crippen LogP contribution in [0.15, 0.2) is 18.2 Å². The number of hydrogen-bond acceptors (Lipinski definition) is 2. The quantitative estimate of drug-likeness (QED) is 0.775. The maximum Gasteiger partial charge on any atom is 0.124 e. The van der Waals surface area contributed by atoms with E-state index >= 15 is 0 Å². The van der Waals surface area contributed by atoms with E-state index in [0.717, 1.165) is 12.4 Å². The van der Waals surface area contributed by atoms with Crippen LogP contribution in [0, 0.1) is 6.92 Å². The summed E-state index contributed by atoms with van der Waals surface area (Å²) in [5, 5.41) is 3.50. The number of ether oxygens (including phenoxy) is 1. The number of benzene rings is 1. The van der Waals surface area contributed by atoms with Gasteiger partial charge in [-0.3, -0.25) is 0 Å². The van der Waals surface area contributed by atoms with Crippen LogP contribution in [0.25, 0.3) is 0 Å². The molecule has 2 heteroatoms. The molecule has 1 aliphatic rings. The lowest BCUT2D eigenvalue weighted by atomic mass is 10.1. The molecule has 1 aromatic rings. The number of aryl methyl sites for hydroxylation is 1. The molecule has 1 heterocycles. The summed E-state index contributed by atoms with van der Waals surface area (Å²) in [4.78, 5) is 0. The van der Waals surface area contributed by atoms with E-state index in [1.54, 1.807) is 0 Å². The van der Waals surface area contributed by atoms with E-state index in [0.29, 0.717) is 12.1 Å². The smallest absolute Gasteiger partial charge is 0.124 e. The van der Waals surface area contributed by atoms with Crippen LogP contribution >= 0.6 is 0 Å². The van der Waals surface area contributed by atoms with E-state index in [1.165, 1.54) is 11.1 Å². The van der Waals surface area contributed by atoms with Crippen LogP contribution in [-0.2, 0) is 0 Å². The van der Waals surface area contributed by atoms with Crippen molar-refractivity contribution < 1.29 is 4.74 Å². The summed E-state index contributed by atoms with van der Waals surface area (Å²) in [5.41, 5.74) is 2.60. The summed E-state index contributed by atoms with van der Waals surface area (Å²) in [6.45, 7) is 7.20. The highest BCUT2D eigenvalue weighted by Crippen LogP contribution is 2.32. The van der Waals surface area contributed by atoms with Gasteiger partial charge in [0.15, 0.2) is 0 Å². The molecular formula is C12H17NO. The van der Waals surface area contributed by atoms with Crippen LogP contribution in [-0.4, -0.2) is 12.6 Å². The van der Waals surface area contributed by atoms with Crippen LogP contribution in [0.1, 0.15) is 31.0 Å². The third-order valence-corrected chi connectivity index (χ3v) is 2.48. The minimum Gasteiger partial charge on any atom is -0.491 e. The molecular weight excluding hydrogens is 174 g/mol. The molecule has 1 atom stereocenters. The number of fused-ring (bicyclic) bond motifs is 1. The highest BCUT2D eigenvalue weighted by atomic mass is 16.5. The van der Waals surface area contributed by atoms with Crippen LogP contribution in [0.2, 0.25) is 0 Å². The van der Waals surface area contributed by atoms with Crippen LogP contribution in [0.5, 0.6) is 5.75 Å². The van der Waals surface area contributed by atoms with Crippen molar-refractivity contribution in [1.29, 1.82) is 0 Å². The molecule has 0 aromatic heterocycles. The zero-order valence-electron chi connectivity index (χ0n) is 9.00. The molecule has 14 heavy (non-hydrogen) atoms. The predicted molar refractivity (Wildman–Crippen MR) is 57.7 cm³/mol. The Balaban J connectivity index is 2.24.